The van der Waals surface area contributed by atoms with Crippen LogP contribution in [0.3, 0.4) is 0 Å². The lowest BCUT2D eigenvalue weighted by molar-refractivity contribution is 0.0854. The first-order chi connectivity index (χ1) is 8.24. The number of carbonyl (C=O) groups is 1. The number of nitrogens with zero attached hydrogens (tertiary/aromatic N) is 1. The van der Waals surface area contributed by atoms with E-state index in [4.69, 9.17) is 4.74 Å². The number of Topliss-reactive ketones (excluding diaryl/α,β-unsaturated/α-hetero) is 1. The summed E-state index contributed by atoms with van der Waals surface area (Å²) >= 11 is 1.52. The average Bonchev–Trinajstić information content (AvgIpc) is 2.83. The summed E-state index contributed by atoms with van der Waals surface area (Å²) in [6, 6.07) is 5.72. The molecule has 17 heavy (non-hydrogen) atoms. The zero-order chi connectivity index (χ0) is 11.8. The van der Waals surface area contributed by atoms with Crippen molar-refractivity contribution in [3.05, 3.63) is 45.9 Å². The molecular formula is C13H11NO2S. The lowest BCUT2D eigenvalue weighted by Gasteiger charge is -2.24. The highest BCUT2D eigenvalue weighted by atomic mass is 32.1. The fourth-order valence-electron chi connectivity index (χ4n) is 1.98. The second-order valence-corrected chi connectivity index (χ2v) is 5.06. The second kappa shape index (κ2) is 3.96. The molecule has 1 aliphatic rings. The molecule has 1 aromatic carbocycles. The van der Waals surface area contributed by atoms with Crippen LogP contribution < -0.4 is 4.74 Å². The van der Waals surface area contributed by atoms with Gasteiger partial charge in [0, 0.05) is 6.20 Å². The molecule has 1 unspecified atom stereocenters. The van der Waals surface area contributed by atoms with Crippen molar-refractivity contribution in [1.82, 2.24) is 4.98 Å². The second-order valence-electron chi connectivity index (χ2n) is 4.14. The molecule has 0 N–H and O–H groups in total. The van der Waals surface area contributed by atoms with Crippen molar-refractivity contribution in [3.8, 4) is 5.75 Å². The number of carbonyl (C=O) groups excluding carboxylic acids is 1. The first-order valence-corrected chi connectivity index (χ1v) is 6.31. The van der Waals surface area contributed by atoms with Crippen LogP contribution in [0.4, 0.5) is 0 Å². The van der Waals surface area contributed by atoms with Crippen LogP contribution >= 0.6 is 11.3 Å². The van der Waals surface area contributed by atoms with Gasteiger partial charge in [-0.25, -0.2) is 0 Å². The zero-order valence-electron chi connectivity index (χ0n) is 9.34. The molecule has 0 radical (unpaired) electrons. The number of rotatable bonds is 1. The van der Waals surface area contributed by atoms with Crippen LogP contribution in [-0.4, -0.2) is 10.8 Å². The van der Waals surface area contributed by atoms with Crippen molar-refractivity contribution in [2.75, 3.05) is 0 Å². The summed E-state index contributed by atoms with van der Waals surface area (Å²) in [6.45, 7) is 1.98. The number of ketones is 1. The van der Waals surface area contributed by atoms with Gasteiger partial charge < -0.3 is 4.74 Å². The minimum atomic E-state index is -0.176. The standard InChI is InChI=1S/C13H11NO2S/c1-8-2-3-11-9(4-8)10(15)5-12(16-11)13-6-14-7-17-13/h2-4,6-7,12H,5H2,1H3. The fraction of sp³-hybridized carbons (Fsp3) is 0.231. The van der Waals surface area contributed by atoms with Crippen LogP contribution in [0.1, 0.15) is 33.3 Å². The highest BCUT2D eigenvalue weighted by Gasteiger charge is 2.28. The molecule has 0 spiro atoms. The number of benzene rings is 1. The Labute approximate surface area is 103 Å². The maximum atomic E-state index is 12.0. The summed E-state index contributed by atoms with van der Waals surface area (Å²) in [6.07, 6.45) is 1.99. The molecule has 1 atom stereocenters. The van der Waals surface area contributed by atoms with Crippen molar-refractivity contribution in [3.63, 3.8) is 0 Å². The Morgan fingerprint density at radius 1 is 1.47 bits per heavy atom. The van der Waals surface area contributed by atoms with Gasteiger partial charge in [-0.3, -0.25) is 9.78 Å². The van der Waals surface area contributed by atoms with Gasteiger partial charge in [0.05, 0.1) is 22.4 Å². The van der Waals surface area contributed by atoms with Gasteiger partial charge in [-0.05, 0) is 19.1 Å². The molecule has 0 bridgehead atoms. The third-order valence-electron chi connectivity index (χ3n) is 2.84. The fourth-order valence-corrected chi connectivity index (χ4v) is 2.63. The van der Waals surface area contributed by atoms with Crippen molar-refractivity contribution < 1.29 is 9.53 Å². The predicted molar refractivity (Wildman–Crippen MR) is 65.6 cm³/mol. The van der Waals surface area contributed by atoms with Gasteiger partial charge in [0.25, 0.3) is 0 Å². The predicted octanol–water partition coefficient (Wildman–Crippen LogP) is 3.16. The Balaban J connectivity index is 1.99. The van der Waals surface area contributed by atoms with Gasteiger partial charge >= 0.3 is 0 Å². The zero-order valence-corrected chi connectivity index (χ0v) is 10.2. The van der Waals surface area contributed by atoms with E-state index in [0.717, 1.165) is 10.4 Å². The van der Waals surface area contributed by atoms with Gasteiger partial charge in [0.15, 0.2) is 5.78 Å². The number of fused-ring (bicyclic) bond motifs is 1. The molecule has 1 aliphatic heterocycles. The molecule has 2 heterocycles. The first kappa shape index (κ1) is 10.5. The van der Waals surface area contributed by atoms with E-state index in [9.17, 15) is 4.79 Å². The SMILES string of the molecule is Cc1ccc2c(c1)C(=O)CC(c1cncs1)O2. The van der Waals surface area contributed by atoms with Crippen LogP contribution in [0.15, 0.2) is 29.9 Å². The summed E-state index contributed by atoms with van der Waals surface area (Å²) < 4.78 is 5.85. The highest BCUT2D eigenvalue weighted by molar-refractivity contribution is 7.09. The molecule has 1 aromatic heterocycles. The smallest absolute Gasteiger partial charge is 0.170 e. The Hall–Kier alpha value is -1.68. The quantitative estimate of drug-likeness (QED) is 0.774. The molecule has 0 fully saturated rings. The Kier molecular flexibility index (Phi) is 2.44. The minimum Gasteiger partial charge on any atom is -0.484 e. The monoisotopic (exact) mass is 245 g/mol. The number of hydrogen-bond acceptors (Lipinski definition) is 4. The summed E-state index contributed by atoms with van der Waals surface area (Å²) in [5.74, 6) is 0.832. The minimum absolute atomic E-state index is 0.147. The molecule has 0 amide bonds. The van der Waals surface area contributed by atoms with E-state index in [1.165, 1.54) is 11.3 Å². The van der Waals surface area contributed by atoms with Crippen LogP contribution in [0.2, 0.25) is 0 Å². The molecule has 86 valence electrons. The van der Waals surface area contributed by atoms with Gasteiger partial charge in [-0.15, -0.1) is 11.3 Å². The van der Waals surface area contributed by atoms with Crippen molar-refractivity contribution in [2.45, 2.75) is 19.4 Å². The maximum absolute atomic E-state index is 12.0. The number of hydrogen-bond donors (Lipinski definition) is 0. The van der Waals surface area contributed by atoms with Crippen LogP contribution in [0.25, 0.3) is 0 Å². The number of thiazole rings is 1. The molecule has 4 heteroatoms. The maximum Gasteiger partial charge on any atom is 0.170 e. The number of aryl methyl sites for hydroxylation is 1. The molecule has 3 rings (SSSR count). The Bertz CT molecular complexity index is 563. The van der Waals surface area contributed by atoms with Gasteiger partial charge in [-0.2, -0.15) is 0 Å². The molecule has 2 aromatic rings. The van der Waals surface area contributed by atoms with Crippen molar-refractivity contribution in [1.29, 1.82) is 0 Å². The van der Waals surface area contributed by atoms with Crippen LogP contribution in [0, 0.1) is 6.92 Å². The highest BCUT2D eigenvalue weighted by Crippen LogP contribution is 2.36. The molecule has 0 saturated heterocycles. The number of aromatic nitrogens is 1. The largest absolute Gasteiger partial charge is 0.484 e. The normalized spacial score (nSPS) is 18.6. The average molecular weight is 245 g/mol. The summed E-state index contributed by atoms with van der Waals surface area (Å²) in [5.41, 5.74) is 3.54. The van der Waals surface area contributed by atoms with E-state index in [0.29, 0.717) is 17.7 Å². The number of ether oxygens (including phenoxy) is 1. The third-order valence-corrected chi connectivity index (χ3v) is 3.71. The lowest BCUT2D eigenvalue weighted by Crippen LogP contribution is -2.19. The van der Waals surface area contributed by atoms with Gasteiger partial charge in [0.2, 0.25) is 0 Å². The van der Waals surface area contributed by atoms with Crippen molar-refractivity contribution in [2.24, 2.45) is 0 Å². The van der Waals surface area contributed by atoms with E-state index < -0.39 is 0 Å². The van der Waals surface area contributed by atoms with E-state index in [2.05, 4.69) is 4.98 Å². The molecule has 3 nitrogen and oxygen atoms in total. The summed E-state index contributed by atoms with van der Waals surface area (Å²) in [7, 11) is 0. The van der Waals surface area contributed by atoms with Gasteiger partial charge in [-0.1, -0.05) is 11.6 Å². The first-order valence-electron chi connectivity index (χ1n) is 5.43. The lowest BCUT2D eigenvalue weighted by atomic mass is 9.98. The molecule has 0 saturated carbocycles. The van der Waals surface area contributed by atoms with Crippen LogP contribution in [-0.2, 0) is 0 Å². The van der Waals surface area contributed by atoms with E-state index in [-0.39, 0.29) is 11.9 Å². The van der Waals surface area contributed by atoms with Gasteiger partial charge in [0.1, 0.15) is 11.9 Å². The Morgan fingerprint density at radius 2 is 2.35 bits per heavy atom. The van der Waals surface area contributed by atoms with E-state index >= 15 is 0 Å². The van der Waals surface area contributed by atoms with E-state index in [1.54, 1.807) is 11.7 Å². The molecular weight excluding hydrogens is 234 g/mol. The summed E-state index contributed by atoms with van der Waals surface area (Å²) in [4.78, 5) is 17.1. The van der Waals surface area contributed by atoms with Crippen molar-refractivity contribution >= 4 is 17.1 Å². The summed E-state index contributed by atoms with van der Waals surface area (Å²) in [5, 5.41) is 0. The molecule has 0 aliphatic carbocycles. The topological polar surface area (TPSA) is 39.2 Å². The third kappa shape index (κ3) is 1.85. The van der Waals surface area contributed by atoms with E-state index in [1.807, 2.05) is 25.1 Å². The Morgan fingerprint density at radius 3 is 3.12 bits per heavy atom. The van der Waals surface area contributed by atoms with Crippen LogP contribution in [0.5, 0.6) is 5.75 Å².